The molecule has 3 heterocycles. The Morgan fingerprint density at radius 2 is 1.85 bits per heavy atom. The maximum Gasteiger partial charge on any atom is 0.303 e. The molecular formula is C16H28N2O2. The lowest BCUT2D eigenvalue weighted by Gasteiger charge is -2.44. The molecule has 20 heavy (non-hydrogen) atoms. The van der Waals surface area contributed by atoms with E-state index in [1.807, 2.05) is 0 Å². The first-order chi connectivity index (χ1) is 9.63. The minimum Gasteiger partial charge on any atom is -0.481 e. The average molecular weight is 280 g/mol. The van der Waals surface area contributed by atoms with Gasteiger partial charge in [-0.3, -0.25) is 9.69 Å². The molecule has 0 spiro atoms. The van der Waals surface area contributed by atoms with Crippen LogP contribution in [0.4, 0.5) is 0 Å². The quantitative estimate of drug-likeness (QED) is 0.857. The van der Waals surface area contributed by atoms with Crippen molar-refractivity contribution < 1.29 is 9.90 Å². The summed E-state index contributed by atoms with van der Waals surface area (Å²) in [5, 5.41) is 8.85. The van der Waals surface area contributed by atoms with E-state index in [2.05, 4.69) is 16.8 Å². The Bertz CT molecular complexity index is 346. The van der Waals surface area contributed by atoms with Crippen LogP contribution in [0.25, 0.3) is 0 Å². The number of carbonyl (C=O) groups is 1. The molecule has 3 unspecified atom stereocenters. The number of rotatable bonds is 4. The zero-order valence-corrected chi connectivity index (χ0v) is 12.6. The first-order valence-electron chi connectivity index (χ1n) is 8.31. The van der Waals surface area contributed by atoms with Gasteiger partial charge in [-0.1, -0.05) is 0 Å². The fourth-order valence-electron chi connectivity index (χ4n) is 4.67. The van der Waals surface area contributed by atoms with E-state index in [0.29, 0.717) is 12.3 Å². The molecule has 3 fully saturated rings. The van der Waals surface area contributed by atoms with Gasteiger partial charge in [0.25, 0.3) is 0 Å². The van der Waals surface area contributed by atoms with Crippen molar-refractivity contribution in [1.29, 1.82) is 0 Å². The summed E-state index contributed by atoms with van der Waals surface area (Å²) in [5.74, 6) is -0.0309. The lowest BCUT2D eigenvalue weighted by atomic mass is 9.89. The van der Waals surface area contributed by atoms with Crippen LogP contribution in [0.15, 0.2) is 0 Å². The second-order valence-corrected chi connectivity index (χ2v) is 7.11. The lowest BCUT2D eigenvalue weighted by molar-refractivity contribution is -0.137. The van der Waals surface area contributed by atoms with Crippen LogP contribution in [0.3, 0.4) is 0 Å². The lowest BCUT2D eigenvalue weighted by Crippen LogP contribution is -2.51. The number of likely N-dealkylation sites (tertiary alicyclic amines) is 1. The third-order valence-corrected chi connectivity index (χ3v) is 5.91. The van der Waals surface area contributed by atoms with E-state index in [1.54, 1.807) is 0 Å². The van der Waals surface area contributed by atoms with Crippen molar-refractivity contribution in [2.24, 2.45) is 5.92 Å². The van der Waals surface area contributed by atoms with E-state index in [4.69, 9.17) is 5.11 Å². The minimum atomic E-state index is -0.639. The maximum atomic E-state index is 10.7. The molecule has 0 saturated carbocycles. The summed E-state index contributed by atoms with van der Waals surface area (Å²) in [6.07, 6.45) is 9.12. The van der Waals surface area contributed by atoms with Gasteiger partial charge in [-0.05, 0) is 64.5 Å². The number of carboxylic acid groups (broad SMARTS) is 1. The Balaban J connectivity index is 1.53. The van der Waals surface area contributed by atoms with Crippen molar-refractivity contribution in [3.8, 4) is 0 Å². The normalized spacial score (nSPS) is 39.0. The largest absolute Gasteiger partial charge is 0.481 e. The van der Waals surface area contributed by atoms with Crippen LogP contribution in [0.1, 0.15) is 51.4 Å². The van der Waals surface area contributed by atoms with E-state index >= 15 is 0 Å². The Morgan fingerprint density at radius 3 is 2.50 bits per heavy atom. The van der Waals surface area contributed by atoms with Crippen molar-refractivity contribution in [3.05, 3.63) is 0 Å². The molecule has 1 N–H and O–H groups in total. The molecule has 3 aliphatic rings. The van der Waals surface area contributed by atoms with Crippen molar-refractivity contribution in [2.75, 3.05) is 20.1 Å². The first kappa shape index (κ1) is 14.3. The minimum absolute atomic E-state index is 0.344. The van der Waals surface area contributed by atoms with Gasteiger partial charge < -0.3 is 10.0 Å². The van der Waals surface area contributed by atoms with Gasteiger partial charge in [0.1, 0.15) is 0 Å². The van der Waals surface area contributed by atoms with Crippen LogP contribution >= 0.6 is 0 Å². The summed E-state index contributed by atoms with van der Waals surface area (Å²) in [6, 6.07) is 2.37. The molecule has 0 radical (unpaired) electrons. The summed E-state index contributed by atoms with van der Waals surface area (Å²) in [7, 11) is 2.30. The van der Waals surface area contributed by atoms with E-state index in [0.717, 1.165) is 31.1 Å². The number of nitrogens with zero attached hydrogens (tertiary/aromatic N) is 2. The molecule has 0 aromatic heterocycles. The van der Waals surface area contributed by atoms with Crippen LogP contribution < -0.4 is 0 Å². The molecule has 3 atom stereocenters. The summed E-state index contributed by atoms with van der Waals surface area (Å²) in [4.78, 5) is 16.0. The Hall–Kier alpha value is -0.610. The standard InChI is InChI=1S/C16H28N2O2/c1-17-13-5-6-14(17)10-15(9-13)18-8-2-3-12(11-18)4-7-16(19)20/h12-15H,2-11H2,1H3,(H,19,20). The zero-order valence-electron chi connectivity index (χ0n) is 12.6. The molecule has 0 aromatic carbocycles. The molecule has 4 nitrogen and oxygen atoms in total. The molecule has 0 aromatic rings. The number of piperidine rings is 2. The number of hydrogen-bond donors (Lipinski definition) is 1. The van der Waals surface area contributed by atoms with Crippen LogP contribution in [0.5, 0.6) is 0 Å². The number of fused-ring (bicyclic) bond motifs is 2. The number of hydrogen-bond acceptors (Lipinski definition) is 3. The summed E-state index contributed by atoms with van der Waals surface area (Å²) in [5.41, 5.74) is 0. The summed E-state index contributed by atoms with van der Waals surface area (Å²) in [6.45, 7) is 2.37. The highest BCUT2D eigenvalue weighted by Gasteiger charge is 2.41. The van der Waals surface area contributed by atoms with Gasteiger partial charge in [0, 0.05) is 31.1 Å². The monoisotopic (exact) mass is 280 g/mol. The highest BCUT2D eigenvalue weighted by molar-refractivity contribution is 5.66. The van der Waals surface area contributed by atoms with Gasteiger partial charge >= 0.3 is 5.97 Å². The number of aliphatic carboxylic acids is 1. The van der Waals surface area contributed by atoms with Gasteiger partial charge in [-0.2, -0.15) is 0 Å². The molecule has 0 aliphatic carbocycles. The van der Waals surface area contributed by atoms with E-state index in [-0.39, 0.29) is 0 Å². The third kappa shape index (κ3) is 3.01. The van der Waals surface area contributed by atoms with Crippen molar-refractivity contribution >= 4 is 5.97 Å². The van der Waals surface area contributed by atoms with E-state index in [9.17, 15) is 4.79 Å². The van der Waals surface area contributed by atoms with Crippen LogP contribution in [-0.2, 0) is 4.79 Å². The smallest absolute Gasteiger partial charge is 0.303 e. The molecule has 4 heteroatoms. The second kappa shape index (κ2) is 6.02. The molecule has 3 rings (SSSR count). The summed E-state index contributed by atoms with van der Waals surface area (Å²) >= 11 is 0. The highest BCUT2D eigenvalue weighted by atomic mass is 16.4. The van der Waals surface area contributed by atoms with E-state index < -0.39 is 5.97 Å². The molecule has 3 aliphatic heterocycles. The molecule has 0 amide bonds. The third-order valence-electron chi connectivity index (χ3n) is 5.91. The van der Waals surface area contributed by atoms with Gasteiger partial charge in [-0.25, -0.2) is 0 Å². The Labute approximate surface area is 122 Å². The Kier molecular flexibility index (Phi) is 4.32. The molecular weight excluding hydrogens is 252 g/mol. The predicted molar refractivity (Wildman–Crippen MR) is 78.8 cm³/mol. The SMILES string of the molecule is CN1C2CCC1CC(N1CCCC(CCC(=O)O)C1)C2. The molecule has 2 bridgehead atoms. The molecule has 3 saturated heterocycles. The van der Waals surface area contributed by atoms with Gasteiger partial charge in [0.05, 0.1) is 0 Å². The van der Waals surface area contributed by atoms with Gasteiger partial charge in [0.2, 0.25) is 0 Å². The first-order valence-corrected chi connectivity index (χ1v) is 8.31. The van der Waals surface area contributed by atoms with Gasteiger partial charge in [-0.15, -0.1) is 0 Å². The maximum absolute atomic E-state index is 10.7. The van der Waals surface area contributed by atoms with Crippen LogP contribution in [-0.4, -0.2) is 59.1 Å². The Morgan fingerprint density at radius 1 is 1.15 bits per heavy atom. The predicted octanol–water partition coefficient (Wildman–Crippen LogP) is 2.19. The topological polar surface area (TPSA) is 43.8 Å². The highest BCUT2D eigenvalue weighted by Crippen LogP contribution is 2.37. The van der Waals surface area contributed by atoms with Crippen molar-refractivity contribution in [2.45, 2.75) is 69.5 Å². The van der Waals surface area contributed by atoms with Gasteiger partial charge in [0.15, 0.2) is 0 Å². The fourth-order valence-corrected chi connectivity index (χ4v) is 4.67. The zero-order chi connectivity index (χ0) is 14.1. The average Bonchev–Trinajstić information content (AvgIpc) is 2.67. The summed E-state index contributed by atoms with van der Waals surface area (Å²) < 4.78 is 0. The number of carboxylic acids is 1. The van der Waals surface area contributed by atoms with Crippen molar-refractivity contribution in [3.63, 3.8) is 0 Å². The molecule has 114 valence electrons. The van der Waals surface area contributed by atoms with Crippen molar-refractivity contribution in [1.82, 2.24) is 9.80 Å². The van der Waals surface area contributed by atoms with Crippen LogP contribution in [0.2, 0.25) is 0 Å². The van der Waals surface area contributed by atoms with E-state index in [1.165, 1.54) is 45.1 Å². The van der Waals surface area contributed by atoms with Crippen LogP contribution in [0, 0.1) is 5.92 Å². The second-order valence-electron chi connectivity index (χ2n) is 7.11. The fraction of sp³-hybridized carbons (Fsp3) is 0.938.